The number of aliphatic carboxylic acids is 1. The van der Waals surface area contributed by atoms with E-state index in [9.17, 15) is 4.79 Å². The van der Waals surface area contributed by atoms with Crippen LogP contribution in [-0.4, -0.2) is 27.7 Å². The summed E-state index contributed by atoms with van der Waals surface area (Å²) < 4.78 is 5.42. The van der Waals surface area contributed by atoms with E-state index >= 15 is 0 Å². The molecule has 2 atom stereocenters. The third kappa shape index (κ3) is 2.49. The van der Waals surface area contributed by atoms with E-state index in [0.717, 1.165) is 6.42 Å². The average molecular weight is 233 g/mol. The SMILES string of the molecule is Cl.O=C(O)[C@@H]1CCCO[C@H]1c1ncc[nH]1. The zero-order chi connectivity index (χ0) is 9.97. The maximum atomic E-state index is 10.9. The van der Waals surface area contributed by atoms with Gasteiger partial charge in [0, 0.05) is 19.0 Å². The second-order valence-corrected chi connectivity index (χ2v) is 3.35. The van der Waals surface area contributed by atoms with Crippen LogP contribution in [0.4, 0.5) is 0 Å². The second-order valence-electron chi connectivity index (χ2n) is 3.35. The zero-order valence-corrected chi connectivity index (χ0v) is 8.87. The van der Waals surface area contributed by atoms with Crippen LogP contribution in [0.5, 0.6) is 0 Å². The molecule has 5 nitrogen and oxygen atoms in total. The van der Waals surface area contributed by atoms with Crippen molar-refractivity contribution in [3.63, 3.8) is 0 Å². The molecule has 2 rings (SSSR count). The van der Waals surface area contributed by atoms with Gasteiger partial charge in [0.1, 0.15) is 11.9 Å². The van der Waals surface area contributed by atoms with Gasteiger partial charge in [-0.25, -0.2) is 4.98 Å². The molecule has 15 heavy (non-hydrogen) atoms. The molecular formula is C9H13ClN2O3. The predicted octanol–water partition coefficient (Wildman–Crippen LogP) is 1.38. The number of imidazole rings is 1. The molecule has 0 amide bonds. The van der Waals surface area contributed by atoms with Gasteiger partial charge in [-0.15, -0.1) is 12.4 Å². The molecule has 0 saturated carbocycles. The van der Waals surface area contributed by atoms with Gasteiger partial charge in [-0.05, 0) is 12.8 Å². The Morgan fingerprint density at radius 2 is 2.47 bits per heavy atom. The number of hydrogen-bond acceptors (Lipinski definition) is 3. The fourth-order valence-corrected chi connectivity index (χ4v) is 1.74. The van der Waals surface area contributed by atoms with Crippen molar-refractivity contribution in [3.8, 4) is 0 Å². The summed E-state index contributed by atoms with van der Waals surface area (Å²) in [6.07, 6.45) is 4.31. The minimum atomic E-state index is -0.814. The van der Waals surface area contributed by atoms with Crippen molar-refractivity contribution >= 4 is 18.4 Å². The summed E-state index contributed by atoms with van der Waals surface area (Å²) in [7, 11) is 0. The summed E-state index contributed by atoms with van der Waals surface area (Å²) in [5.41, 5.74) is 0. The number of ether oxygens (including phenoxy) is 1. The molecule has 0 radical (unpaired) electrons. The number of halogens is 1. The summed E-state index contributed by atoms with van der Waals surface area (Å²) in [4.78, 5) is 17.9. The maximum absolute atomic E-state index is 10.9. The number of hydrogen-bond donors (Lipinski definition) is 2. The Morgan fingerprint density at radius 1 is 1.67 bits per heavy atom. The molecule has 1 fully saturated rings. The molecule has 1 aromatic heterocycles. The highest BCUT2D eigenvalue weighted by molar-refractivity contribution is 5.85. The minimum absolute atomic E-state index is 0. The molecule has 1 aliphatic rings. The van der Waals surface area contributed by atoms with E-state index in [4.69, 9.17) is 9.84 Å². The van der Waals surface area contributed by atoms with Crippen LogP contribution in [0.3, 0.4) is 0 Å². The number of aromatic amines is 1. The van der Waals surface area contributed by atoms with Crippen LogP contribution in [0.2, 0.25) is 0 Å². The molecule has 0 aliphatic carbocycles. The van der Waals surface area contributed by atoms with Crippen LogP contribution in [0.1, 0.15) is 24.8 Å². The second kappa shape index (κ2) is 5.14. The van der Waals surface area contributed by atoms with Gasteiger partial charge in [-0.3, -0.25) is 4.79 Å². The molecule has 1 aliphatic heterocycles. The molecule has 0 spiro atoms. The van der Waals surface area contributed by atoms with Crippen LogP contribution < -0.4 is 0 Å². The highest BCUT2D eigenvalue weighted by atomic mass is 35.5. The Kier molecular flexibility index (Phi) is 4.11. The van der Waals surface area contributed by atoms with Crippen LogP contribution in [-0.2, 0) is 9.53 Å². The van der Waals surface area contributed by atoms with Gasteiger partial charge >= 0.3 is 5.97 Å². The van der Waals surface area contributed by atoms with Crippen molar-refractivity contribution in [2.45, 2.75) is 18.9 Å². The van der Waals surface area contributed by atoms with Gasteiger partial charge in [0.15, 0.2) is 0 Å². The van der Waals surface area contributed by atoms with Gasteiger partial charge in [0.05, 0.1) is 5.92 Å². The van der Waals surface area contributed by atoms with Crippen LogP contribution in [0.25, 0.3) is 0 Å². The Hall–Kier alpha value is -1.07. The topological polar surface area (TPSA) is 75.2 Å². The van der Waals surface area contributed by atoms with E-state index in [1.807, 2.05) is 0 Å². The normalized spacial score (nSPS) is 25.6. The minimum Gasteiger partial charge on any atom is -0.481 e. The summed E-state index contributed by atoms with van der Waals surface area (Å²) >= 11 is 0. The summed E-state index contributed by atoms with van der Waals surface area (Å²) in [6, 6.07) is 0. The monoisotopic (exact) mass is 232 g/mol. The number of H-pyrrole nitrogens is 1. The molecule has 0 unspecified atom stereocenters. The van der Waals surface area contributed by atoms with E-state index in [2.05, 4.69) is 9.97 Å². The molecule has 0 aromatic carbocycles. The first-order chi connectivity index (χ1) is 6.79. The molecule has 84 valence electrons. The number of carbonyl (C=O) groups is 1. The smallest absolute Gasteiger partial charge is 0.309 e. The molecule has 2 N–H and O–H groups in total. The first-order valence-electron chi connectivity index (χ1n) is 4.62. The summed E-state index contributed by atoms with van der Waals surface area (Å²) in [5.74, 6) is -0.682. The van der Waals surface area contributed by atoms with Crippen LogP contribution in [0, 0.1) is 5.92 Å². The lowest BCUT2D eigenvalue weighted by Gasteiger charge is -2.27. The fraction of sp³-hybridized carbons (Fsp3) is 0.556. The van der Waals surface area contributed by atoms with E-state index in [-0.39, 0.29) is 12.4 Å². The van der Waals surface area contributed by atoms with Crippen molar-refractivity contribution < 1.29 is 14.6 Å². The number of rotatable bonds is 2. The van der Waals surface area contributed by atoms with Crippen molar-refractivity contribution in [1.29, 1.82) is 0 Å². The van der Waals surface area contributed by atoms with E-state index in [1.54, 1.807) is 12.4 Å². The third-order valence-electron chi connectivity index (χ3n) is 2.43. The Bertz CT molecular complexity index is 315. The van der Waals surface area contributed by atoms with Crippen molar-refractivity contribution in [1.82, 2.24) is 9.97 Å². The number of carboxylic acid groups (broad SMARTS) is 1. The fourth-order valence-electron chi connectivity index (χ4n) is 1.74. The largest absolute Gasteiger partial charge is 0.481 e. The summed E-state index contributed by atoms with van der Waals surface area (Å²) in [5, 5.41) is 8.99. The lowest BCUT2D eigenvalue weighted by atomic mass is 9.94. The number of carboxylic acids is 1. The van der Waals surface area contributed by atoms with Gasteiger partial charge in [-0.1, -0.05) is 0 Å². The lowest BCUT2D eigenvalue weighted by molar-refractivity contribution is -0.152. The zero-order valence-electron chi connectivity index (χ0n) is 8.05. The van der Waals surface area contributed by atoms with Crippen molar-refractivity contribution in [2.24, 2.45) is 5.92 Å². The molecule has 0 bridgehead atoms. The number of aromatic nitrogens is 2. The van der Waals surface area contributed by atoms with Crippen molar-refractivity contribution in [2.75, 3.05) is 6.61 Å². The first-order valence-corrected chi connectivity index (χ1v) is 4.62. The standard InChI is InChI=1S/C9H12N2O3.ClH/c12-9(13)6-2-1-5-14-7(6)8-10-3-4-11-8;/h3-4,6-7H,1-2,5H2,(H,10,11)(H,12,13);1H/t6-,7-;/m1./s1. The number of nitrogens with zero attached hydrogens (tertiary/aromatic N) is 1. The van der Waals surface area contributed by atoms with Crippen molar-refractivity contribution in [3.05, 3.63) is 18.2 Å². The predicted molar refractivity (Wildman–Crippen MR) is 54.9 cm³/mol. The quantitative estimate of drug-likeness (QED) is 0.808. The molecule has 2 heterocycles. The Labute approximate surface area is 93.3 Å². The van der Waals surface area contributed by atoms with Gasteiger partial charge in [-0.2, -0.15) is 0 Å². The summed E-state index contributed by atoms with van der Waals surface area (Å²) in [6.45, 7) is 0.606. The molecular weight excluding hydrogens is 220 g/mol. The Balaban J connectivity index is 0.00000112. The highest BCUT2D eigenvalue weighted by Crippen LogP contribution is 2.31. The molecule has 1 aromatic rings. The molecule has 1 saturated heterocycles. The average Bonchev–Trinajstić information content (AvgIpc) is 2.70. The molecule has 6 heteroatoms. The first kappa shape index (κ1) is 12.0. The van der Waals surface area contributed by atoms with Gasteiger partial charge in [0.25, 0.3) is 0 Å². The van der Waals surface area contributed by atoms with Crippen LogP contribution >= 0.6 is 12.4 Å². The Morgan fingerprint density at radius 3 is 3.07 bits per heavy atom. The number of nitrogens with one attached hydrogen (secondary N) is 1. The van der Waals surface area contributed by atoms with Gasteiger partial charge in [0.2, 0.25) is 0 Å². The van der Waals surface area contributed by atoms with Crippen LogP contribution in [0.15, 0.2) is 12.4 Å². The third-order valence-corrected chi connectivity index (χ3v) is 2.43. The highest BCUT2D eigenvalue weighted by Gasteiger charge is 2.34. The van der Waals surface area contributed by atoms with Gasteiger partial charge < -0.3 is 14.8 Å². The maximum Gasteiger partial charge on any atom is 0.309 e. The van der Waals surface area contributed by atoms with E-state index < -0.39 is 18.0 Å². The van der Waals surface area contributed by atoms with E-state index in [0.29, 0.717) is 18.9 Å². The van der Waals surface area contributed by atoms with E-state index in [1.165, 1.54) is 0 Å². The lowest BCUT2D eigenvalue weighted by Crippen LogP contribution is -2.29.